The number of halogens is 2. The van der Waals surface area contributed by atoms with Gasteiger partial charge in [-0.15, -0.1) is 23.7 Å². The van der Waals surface area contributed by atoms with Crippen LogP contribution in [0.3, 0.4) is 0 Å². The number of benzene rings is 1. The molecule has 1 N–H and O–H groups in total. The van der Waals surface area contributed by atoms with E-state index in [4.69, 9.17) is 11.6 Å². The number of hydrogen-bond acceptors (Lipinski definition) is 4. The maximum absolute atomic E-state index is 12.5. The molecule has 4 nitrogen and oxygen atoms in total. The average molecular weight is 372 g/mol. The Kier molecular flexibility index (Phi) is 6.41. The van der Waals surface area contributed by atoms with E-state index in [9.17, 15) is 4.79 Å². The van der Waals surface area contributed by atoms with Crippen molar-refractivity contribution in [3.05, 3.63) is 40.4 Å². The summed E-state index contributed by atoms with van der Waals surface area (Å²) < 4.78 is 0. The summed E-state index contributed by atoms with van der Waals surface area (Å²) in [6.07, 6.45) is 1.05. The van der Waals surface area contributed by atoms with Crippen molar-refractivity contribution in [2.45, 2.75) is 6.42 Å². The largest absolute Gasteiger partial charge is 0.337 e. The molecule has 0 bridgehead atoms. The molecule has 1 atom stereocenters. The van der Waals surface area contributed by atoms with Crippen LogP contribution in [-0.4, -0.2) is 42.5 Å². The summed E-state index contributed by atoms with van der Waals surface area (Å²) in [5, 5.41) is 6.45. The van der Waals surface area contributed by atoms with Crippen molar-refractivity contribution in [3.8, 4) is 10.6 Å². The molecule has 1 fully saturated rings. The van der Waals surface area contributed by atoms with Crippen LogP contribution in [0.25, 0.3) is 10.6 Å². The third-order valence-corrected chi connectivity index (χ3v) is 5.10. The minimum absolute atomic E-state index is 0. The first-order chi connectivity index (χ1) is 10.7. The highest BCUT2D eigenvalue weighted by atomic mass is 35.5. The highest BCUT2D eigenvalue weighted by Gasteiger charge is 2.27. The number of thiazole rings is 1. The molecule has 1 aliphatic heterocycles. The Hall–Kier alpha value is -1.14. The molecule has 1 aliphatic rings. The zero-order valence-electron chi connectivity index (χ0n) is 12.8. The Morgan fingerprint density at radius 2 is 2.26 bits per heavy atom. The van der Waals surface area contributed by atoms with Gasteiger partial charge in [-0.25, -0.2) is 4.98 Å². The first kappa shape index (κ1) is 18.2. The molecular formula is C16H19Cl2N3OS. The maximum Gasteiger partial charge on any atom is 0.273 e. The number of aromatic nitrogens is 1. The summed E-state index contributed by atoms with van der Waals surface area (Å²) in [6, 6.07) is 7.57. The molecule has 0 aliphatic carbocycles. The van der Waals surface area contributed by atoms with E-state index >= 15 is 0 Å². The third-order valence-electron chi connectivity index (χ3n) is 3.89. The van der Waals surface area contributed by atoms with Crippen molar-refractivity contribution >= 4 is 41.3 Å². The number of carbonyl (C=O) groups is 1. The molecule has 1 unspecified atom stereocenters. The van der Waals surface area contributed by atoms with E-state index in [1.165, 1.54) is 11.3 Å². The fourth-order valence-electron chi connectivity index (χ4n) is 2.76. The predicted octanol–water partition coefficient (Wildman–Crippen LogP) is 3.57. The van der Waals surface area contributed by atoms with Gasteiger partial charge in [0.1, 0.15) is 10.7 Å². The van der Waals surface area contributed by atoms with Crippen LogP contribution >= 0.6 is 35.3 Å². The molecule has 7 heteroatoms. The van der Waals surface area contributed by atoms with Crippen LogP contribution < -0.4 is 5.32 Å². The lowest BCUT2D eigenvalue weighted by Crippen LogP contribution is -2.30. The second-order valence-corrected chi connectivity index (χ2v) is 6.75. The highest BCUT2D eigenvalue weighted by Crippen LogP contribution is 2.30. The van der Waals surface area contributed by atoms with Crippen LogP contribution in [0.5, 0.6) is 0 Å². The lowest BCUT2D eigenvalue weighted by Gasteiger charge is -2.15. The van der Waals surface area contributed by atoms with Crippen molar-refractivity contribution < 1.29 is 4.79 Å². The smallest absolute Gasteiger partial charge is 0.273 e. The number of nitrogens with zero attached hydrogens (tertiary/aromatic N) is 2. The van der Waals surface area contributed by atoms with Crippen molar-refractivity contribution in [3.63, 3.8) is 0 Å². The molecule has 1 saturated heterocycles. The van der Waals surface area contributed by atoms with Gasteiger partial charge in [-0.05, 0) is 32.0 Å². The summed E-state index contributed by atoms with van der Waals surface area (Å²) in [4.78, 5) is 18.9. The summed E-state index contributed by atoms with van der Waals surface area (Å²) in [5.74, 6) is 0.559. The van der Waals surface area contributed by atoms with Crippen molar-refractivity contribution in [2.75, 3.05) is 26.7 Å². The lowest BCUT2D eigenvalue weighted by molar-refractivity contribution is 0.0782. The van der Waals surface area contributed by atoms with Gasteiger partial charge in [0.15, 0.2) is 0 Å². The average Bonchev–Trinajstić information content (AvgIpc) is 3.17. The Morgan fingerprint density at radius 3 is 3.00 bits per heavy atom. The van der Waals surface area contributed by atoms with Gasteiger partial charge in [0, 0.05) is 24.0 Å². The fraction of sp³-hybridized carbons (Fsp3) is 0.375. The standard InChI is InChI=1S/C16H18ClN3OS.ClH/c1-18-8-11-6-7-20(9-11)16(21)14-10-22-15(19-14)12-4-2-3-5-13(12)17;/h2-5,10-11,18H,6-9H2,1H3;1H. The van der Waals surface area contributed by atoms with Gasteiger partial charge in [0.05, 0.1) is 5.02 Å². The minimum Gasteiger partial charge on any atom is -0.337 e. The molecule has 0 saturated carbocycles. The van der Waals surface area contributed by atoms with Gasteiger partial charge >= 0.3 is 0 Å². The fourth-order valence-corrected chi connectivity index (χ4v) is 3.88. The van der Waals surface area contributed by atoms with Crippen LogP contribution in [0.2, 0.25) is 5.02 Å². The number of nitrogens with one attached hydrogen (secondary N) is 1. The SMILES string of the molecule is CNCC1CCN(C(=O)c2csc(-c3ccccc3Cl)n2)C1.Cl. The van der Waals surface area contributed by atoms with Gasteiger partial charge in [-0.2, -0.15) is 0 Å². The van der Waals surface area contributed by atoms with E-state index < -0.39 is 0 Å². The third kappa shape index (κ3) is 4.04. The van der Waals surface area contributed by atoms with Gasteiger partial charge in [0.25, 0.3) is 5.91 Å². The number of amides is 1. The minimum atomic E-state index is 0. The summed E-state index contributed by atoms with van der Waals surface area (Å²) >= 11 is 7.65. The normalized spacial score (nSPS) is 17.1. The van der Waals surface area contributed by atoms with Crippen LogP contribution in [0.1, 0.15) is 16.9 Å². The first-order valence-electron chi connectivity index (χ1n) is 7.33. The first-order valence-corrected chi connectivity index (χ1v) is 8.59. The highest BCUT2D eigenvalue weighted by molar-refractivity contribution is 7.13. The van der Waals surface area contributed by atoms with Crippen LogP contribution in [0.4, 0.5) is 0 Å². The number of hydrogen-bond donors (Lipinski definition) is 1. The van der Waals surface area contributed by atoms with Gasteiger partial charge in [-0.1, -0.05) is 29.8 Å². The van der Waals surface area contributed by atoms with Crippen LogP contribution in [0, 0.1) is 5.92 Å². The van der Waals surface area contributed by atoms with Gasteiger partial charge in [-0.3, -0.25) is 4.79 Å². The van der Waals surface area contributed by atoms with E-state index in [2.05, 4.69) is 10.3 Å². The Labute approximate surface area is 151 Å². The molecule has 0 spiro atoms. The number of likely N-dealkylation sites (tertiary alicyclic amines) is 1. The zero-order valence-corrected chi connectivity index (χ0v) is 15.2. The van der Waals surface area contributed by atoms with E-state index in [1.54, 1.807) is 0 Å². The number of rotatable bonds is 4. The second-order valence-electron chi connectivity index (χ2n) is 5.48. The number of carbonyl (C=O) groups excluding carboxylic acids is 1. The molecule has 1 aromatic carbocycles. The van der Waals surface area contributed by atoms with E-state index in [1.807, 2.05) is 41.6 Å². The monoisotopic (exact) mass is 371 g/mol. The van der Waals surface area contributed by atoms with E-state index in [0.717, 1.165) is 36.6 Å². The predicted molar refractivity (Wildman–Crippen MR) is 97.7 cm³/mol. The Morgan fingerprint density at radius 1 is 1.48 bits per heavy atom. The van der Waals surface area contributed by atoms with Crippen molar-refractivity contribution in [1.82, 2.24) is 15.2 Å². The van der Waals surface area contributed by atoms with Crippen molar-refractivity contribution in [2.24, 2.45) is 5.92 Å². The topological polar surface area (TPSA) is 45.2 Å². The molecule has 1 amide bonds. The molecule has 23 heavy (non-hydrogen) atoms. The molecule has 2 heterocycles. The maximum atomic E-state index is 12.5. The van der Waals surface area contributed by atoms with Crippen molar-refractivity contribution in [1.29, 1.82) is 0 Å². The van der Waals surface area contributed by atoms with Gasteiger partial charge in [0.2, 0.25) is 0 Å². The van der Waals surface area contributed by atoms with E-state index in [-0.39, 0.29) is 18.3 Å². The molecule has 124 valence electrons. The molecule has 2 aromatic rings. The summed E-state index contributed by atoms with van der Waals surface area (Å²) in [6.45, 7) is 2.56. The summed E-state index contributed by atoms with van der Waals surface area (Å²) in [5.41, 5.74) is 1.40. The van der Waals surface area contributed by atoms with E-state index in [0.29, 0.717) is 16.6 Å². The molecular weight excluding hydrogens is 353 g/mol. The molecule has 3 rings (SSSR count). The Balaban J connectivity index is 0.00000192. The molecule has 0 radical (unpaired) electrons. The molecule has 1 aromatic heterocycles. The zero-order chi connectivity index (χ0) is 15.5. The van der Waals surface area contributed by atoms with Crippen LogP contribution in [0.15, 0.2) is 29.6 Å². The lowest BCUT2D eigenvalue weighted by atomic mass is 10.1. The quantitative estimate of drug-likeness (QED) is 0.893. The van der Waals surface area contributed by atoms with Gasteiger partial charge < -0.3 is 10.2 Å². The Bertz CT molecular complexity index is 677. The second kappa shape index (κ2) is 8.11. The van der Waals surface area contributed by atoms with Crippen LogP contribution in [-0.2, 0) is 0 Å². The summed E-state index contributed by atoms with van der Waals surface area (Å²) in [7, 11) is 1.95.